The Morgan fingerprint density at radius 3 is 2.73 bits per heavy atom. The van der Waals surface area contributed by atoms with Crippen LogP contribution in [-0.4, -0.2) is 67.6 Å². The van der Waals surface area contributed by atoms with Crippen LogP contribution in [0.4, 0.5) is 0 Å². The summed E-state index contributed by atoms with van der Waals surface area (Å²) in [5.41, 5.74) is 2.34. The number of aliphatic hydroxyl groups excluding tert-OH is 1. The summed E-state index contributed by atoms with van der Waals surface area (Å²) in [6.07, 6.45) is 6.16. The van der Waals surface area contributed by atoms with Crippen LogP contribution in [-0.2, 0) is 22.0 Å². The second-order valence-electron chi connectivity index (χ2n) is 10.1. The summed E-state index contributed by atoms with van der Waals surface area (Å²) in [6.45, 7) is 2.59. The largest absolute Gasteiger partial charge is 0.493 e. The van der Waals surface area contributed by atoms with Crippen molar-refractivity contribution in [2.45, 2.75) is 54.7 Å². The highest BCUT2D eigenvalue weighted by molar-refractivity contribution is 7.90. The Morgan fingerprint density at radius 2 is 1.95 bits per heavy atom. The van der Waals surface area contributed by atoms with Crippen molar-refractivity contribution in [3.63, 3.8) is 0 Å². The van der Waals surface area contributed by atoms with Crippen molar-refractivity contribution in [2.24, 2.45) is 0 Å². The number of amides is 1. The van der Waals surface area contributed by atoms with Gasteiger partial charge in [0, 0.05) is 25.1 Å². The van der Waals surface area contributed by atoms with E-state index in [1.165, 1.54) is 17.2 Å². The first-order chi connectivity index (χ1) is 17.3. The number of fused-ring (bicyclic) bond motifs is 1. The van der Waals surface area contributed by atoms with Crippen molar-refractivity contribution in [3.8, 4) is 11.5 Å². The van der Waals surface area contributed by atoms with E-state index < -0.39 is 22.0 Å². The van der Waals surface area contributed by atoms with Crippen LogP contribution in [0.2, 0.25) is 0 Å². The zero-order valence-corrected chi connectivity index (χ0v) is 22.3. The number of rotatable bonds is 6. The highest BCUT2D eigenvalue weighted by atomic mass is 35.5. The number of ether oxygens (including phenoxy) is 2. The van der Waals surface area contributed by atoms with Gasteiger partial charge in [-0.25, -0.2) is 12.7 Å². The van der Waals surface area contributed by atoms with Gasteiger partial charge in [0.15, 0.2) is 11.5 Å². The molecule has 0 saturated heterocycles. The Morgan fingerprint density at radius 1 is 1.16 bits per heavy atom. The van der Waals surface area contributed by atoms with E-state index in [1.54, 1.807) is 25.3 Å². The molecular formula is C27H31ClN2O6S. The van der Waals surface area contributed by atoms with Crippen LogP contribution in [0.3, 0.4) is 0 Å². The quantitative estimate of drug-likeness (QED) is 0.439. The summed E-state index contributed by atoms with van der Waals surface area (Å²) in [5, 5.41) is 10.2. The summed E-state index contributed by atoms with van der Waals surface area (Å²) in [6, 6.07) is 10.5. The molecule has 4 aliphatic rings. The number of hydrogen-bond donors (Lipinski definition) is 1. The van der Waals surface area contributed by atoms with Crippen LogP contribution in [0.25, 0.3) is 0 Å². The molecule has 0 fully saturated rings. The molecule has 6 rings (SSSR count). The minimum absolute atomic E-state index is 0. The maximum absolute atomic E-state index is 12.8. The molecule has 10 heteroatoms. The van der Waals surface area contributed by atoms with Gasteiger partial charge in [0.2, 0.25) is 0 Å². The molecule has 0 aromatic heterocycles. The molecule has 1 amide bonds. The third-order valence-corrected chi connectivity index (χ3v) is 9.87. The van der Waals surface area contributed by atoms with Gasteiger partial charge in [0.1, 0.15) is 11.0 Å². The van der Waals surface area contributed by atoms with E-state index in [4.69, 9.17) is 9.47 Å². The van der Waals surface area contributed by atoms with Crippen molar-refractivity contribution >= 4 is 28.3 Å². The summed E-state index contributed by atoms with van der Waals surface area (Å²) in [4.78, 5) is 15.2. The number of methoxy groups -OCH3 is 1. The topological polar surface area (TPSA) is 96.4 Å². The molecule has 0 saturated carbocycles. The molecule has 2 aromatic rings. The van der Waals surface area contributed by atoms with Gasteiger partial charge < -0.3 is 14.6 Å². The molecule has 3 heterocycles. The highest BCUT2D eigenvalue weighted by Gasteiger charge is 2.52. The fourth-order valence-electron chi connectivity index (χ4n) is 6.23. The second kappa shape index (κ2) is 9.62. The molecule has 2 aromatic carbocycles. The van der Waals surface area contributed by atoms with Crippen LogP contribution < -0.4 is 9.47 Å². The maximum atomic E-state index is 12.8. The normalized spacial score (nSPS) is 27.0. The standard InChI is InChI=1S/C27H30N2O6S.ClH/c1-34-21-9-8-18-17-28(15-12-27-11-10-19(30)16-23(27)35-25(21)24(18)27)13-4-5-14-29-26(31)20-6-2-3-7-22(20)36(29,32)33;/h2-3,6-11,19,23,30H,4-5,12-17H2,1H3;1H/t19-,23-,27-;/m0./s1. The van der Waals surface area contributed by atoms with Gasteiger partial charge in [0.05, 0.1) is 24.2 Å². The van der Waals surface area contributed by atoms with E-state index >= 15 is 0 Å². The maximum Gasteiger partial charge on any atom is 0.269 e. The molecule has 0 bridgehead atoms. The Bertz CT molecular complexity index is 1360. The molecule has 1 spiro atoms. The third kappa shape index (κ3) is 4.03. The van der Waals surface area contributed by atoms with Gasteiger partial charge in [-0.2, -0.15) is 0 Å². The number of carbonyl (C=O) groups excluding carboxylic acids is 1. The van der Waals surface area contributed by atoms with Gasteiger partial charge >= 0.3 is 0 Å². The first-order valence-electron chi connectivity index (χ1n) is 12.5. The van der Waals surface area contributed by atoms with E-state index in [-0.39, 0.29) is 40.9 Å². The number of nitrogens with zero attached hydrogens (tertiary/aromatic N) is 2. The van der Waals surface area contributed by atoms with Gasteiger partial charge in [-0.1, -0.05) is 30.4 Å². The molecule has 3 aliphatic heterocycles. The molecule has 198 valence electrons. The smallest absolute Gasteiger partial charge is 0.269 e. The number of benzene rings is 2. The summed E-state index contributed by atoms with van der Waals surface area (Å²) >= 11 is 0. The molecule has 0 radical (unpaired) electrons. The molecule has 8 nitrogen and oxygen atoms in total. The van der Waals surface area contributed by atoms with Crippen LogP contribution in [0.15, 0.2) is 53.4 Å². The lowest BCUT2D eigenvalue weighted by Gasteiger charge is -2.36. The Labute approximate surface area is 223 Å². The lowest BCUT2D eigenvalue weighted by atomic mass is 9.69. The number of halogens is 1. The average molecular weight is 547 g/mol. The van der Waals surface area contributed by atoms with E-state index in [1.807, 2.05) is 12.1 Å². The monoisotopic (exact) mass is 546 g/mol. The molecule has 1 aliphatic carbocycles. The summed E-state index contributed by atoms with van der Waals surface area (Å²) in [5.74, 6) is 1.08. The highest BCUT2D eigenvalue weighted by Crippen LogP contribution is 2.55. The van der Waals surface area contributed by atoms with Crippen LogP contribution in [0.1, 0.15) is 47.2 Å². The first-order valence-corrected chi connectivity index (χ1v) is 13.9. The summed E-state index contributed by atoms with van der Waals surface area (Å²) < 4.78 is 38.6. The molecule has 3 atom stereocenters. The van der Waals surface area contributed by atoms with Gasteiger partial charge in [-0.3, -0.25) is 9.69 Å². The number of sulfonamides is 1. The Balaban J connectivity index is 0.00000280. The third-order valence-electron chi connectivity index (χ3n) is 8.03. The lowest BCUT2D eigenvalue weighted by Crippen LogP contribution is -2.43. The fourth-order valence-corrected chi connectivity index (χ4v) is 7.84. The van der Waals surface area contributed by atoms with E-state index in [0.717, 1.165) is 48.3 Å². The number of carbonyl (C=O) groups is 1. The molecule has 0 unspecified atom stereocenters. The van der Waals surface area contributed by atoms with Crippen molar-refractivity contribution in [2.75, 3.05) is 26.7 Å². The predicted octanol–water partition coefficient (Wildman–Crippen LogP) is 3.27. The van der Waals surface area contributed by atoms with Crippen molar-refractivity contribution < 1.29 is 27.8 Å². The summed E-state index contributed by atoms with van der Waals surface area (Å²) in [7, 11) is -2.11. The van der Waals surface area contributed by atoms with Crippen molar-refractivity contribution in [1.82, 2.24) is 9.21 Å². The fraction of sp³-hybridized carbons (Fsp3) is 0.444. The molecule has 37 heavy (non-hydrogen) atoms. The van der Waals surface area contributed by atoms with Crippen LogP contribution >= 0.6 is 12.4 Å². The number of aliphatic hydroxyl groups is 1. The number of hydrogen-bond acceptors (Lipinski definition) is 7. The predicted molar refractivity (Wildman–Crippen MR) is 140 cm³/mol. The lowest BCUT2D eigenvalue weighted by molar-refractivity contribution is 0.0809. The SMILES string of the molecule is COc1ccc2c3c1O[C@H]1C[C@@H](O)C=C[C@@]31CCN(CCCCN1C(=O)c3ccccc3S1(=O)=O)C2.Cl. The molecule has 1 N–H and O–H groups in total. The average Bonchev–Trinajstić information content (AvgIpc) is 3.22. The zero-order chi connectivity index (χ0) is 25.1. The van der Waals surface area contributed by atoms with Gasteiger partial charge in [0.25, 0.3) is 15.9 Å². The Hall–Kier alpha value is -2.59. The van der Waals surface area contributed by atoms with Crippen molar-refractivity contribution in [1.29, 1.82) is 0 Å². The molecular weight excluding hydrogens is 516 g/mol. The van der Waals surface area contributed by atoms with Crippen LogP contribution in [0, 0.1) is 0 Å². The van der Waals surface area contributed by atoms with E-state index in [9.17, 15) is 18.3 Å². The van der Waals surface area contributed by atoms with E-state index in [0.29, 0.717) is 12.8 Å². The second-order valence-corrected chi connectivity index (χ2v) is 11.9. The first kappa shape index (κ1) is 26.0. The number of unbranched alkanes of at least 4 members (excludes halogenated alkanes) is 1. The zero-order valence-electron chi connectivity index (χ0n) is 20.6. The minimum atomic E-state index is -3.76. The van der Waals surface area contributed by atoms with E-state index in [2.05, 4.69) is 17.0 Å². The van der Waals surface area contributed by atoms with Crippen molar-refractivity contribution in [3.05, 3.63) is 65.2 Å². The minimum Gasteiger partial charge on any atom is -0.493 e. The van der Waals surface area contributed by atoms with Crippen LogP contribution in [0.5, 0.6) is 11.5 Å². The Kier molecular flexibility index (Phi) is 6.77. The van der Waals surface area contributed by atoms with Gasteiger partial charge in [-0.05, 0) is 56.1 Å². The van der Waals surface area contributed by atoms with Gasteiger partial charge in [-0.15, -0.1) is 12.4 Å².